The summed E-state index contributed by atoms with van der Waals surface area (Å²) in [7, 11) is 0. The van der Waals surface area contributed by atoms with E-state index in [0.717, 1.165) is 25.7 Å². The largest absolute Gasteiger partial charge is 0.481 e. The van der Waals surface area contributed by atoms with Gasteiger partial charge in [-0.1, -0.05) is 18.9 Å². The van der Waals surface area contributed by atoms with Crippen LogP contribution in [0, 0.1) is 5.82 Å². The maximum absolute atomic E-state index is 13.8. The van der Waals surface area contributed by atoms with Crippen molar-refractivity contribution in [3.63, 3.8) is 0 Å². The van der Waals surface area contributed by atoms with Gasteiger partial charge in [-0.2, -0.15) is 0 Å². The third-order valence-corrected chi connectivity index (χ3v) is 3.56. The summed E-state index contributed by atoms with van der Waals surface area (Å²) in [5.74, 6) is -0.614. The van der Waals surface area contributed by atoms with Gasteiger partial charge in [0.05, 0.1) is 0 Å². The molecule has 0 aliphatic heterocycles. The van der Waals surface area contributed by atoms with Gasteiger partial charge in [-0.3, -0.25) is 4.79 Å². The molecule has 5 heteroatoms. The van der Waals surface area contributed by atoms with Gasteiger partial charge in [-0.15, -0.1) is 0 Å². The van der Waals surface area contributed by atoms with Crippen LogP contribution in [0.2, 0.25) is 0 Å². The van der Waals surface area contributed by atoms with Crippen LogP contribution < -0.4 is 15.8 Å². The van der Waals surface area contributed by atoms with E-state index in [0.29, 0.717) is 5.56 Å². The highest BCUT2D eigenvalue weighted by Crippen LogP contribution is 2.21. The summed E-state index contributed by atoms with van der Waals surface area (Å²) in [6, 6.07) is 4.57. The van der Waals surface area contributed by atoms with E-state index in [-0.39, 0.29) is 30.3 Å². The number of nitrogens with two attached hydrogens (primary N) is 1. The fourth-order valence-corrected chi connectivity index (χ4v) is 2.40. The van der Waals surface area contributed by atoms with E-state index >= 15 is 0 Å². The molecule has 3 N–H and O–H groups in total. The fourth-order valence-electron chi connectivity index (χ4n) is 2.40. The zero-order chi connectivity index (χ0) is 14.5. The molecule has 0 heterocycles. The number of benzene rings is 1. The van der Waals surface area contributed by atoms with Gasteiger partial charge in [0.2, 0.25) is 0 Å². The normalized spacial score (nSPS) is 16.9. The number of halogens is 1. The second-order valence-corrected chi connectivity index (χ2v) is 5.32. The van der Waals surface area contributed by atoms with E-state index in [4.69, 9.17) is 10.5 Å². The smallest absolute Gasteiger partial charge is 0.258 e. The number of nitrogens with one attached hydrogen (secondary N) is 1. The van der Waals surface area contributed by atoms with Gasteiger partial charge in [0.1, 0.15) is 0 Å². The van der Waals surface area contributed by atoms with Gasteiger partial charge in [0, 0.05) is 12.1 Å². The molecule has 1 aliphatic carbocycles. The maximum atomic E-state index is 13.8. The quantitative estimate of drug-likeness (QED) is 0.869. The molecule has 0 bridgehead atoms. The first-order valence-electron chi connectivity index (χ1n) is 7.03. The molecule has 0 spiro atoms. The summed E-state index contributed by atoms with van der Waals surface area (Å²) in [5.41, 5.74) is 6.37. The minimum atomic E-state index is -0.492. The highest BCUT2D eigenvalue weighted by Gasteiger charge is 2.17. The van der Waals surface area contributed by atoms with Crippen molar-refractivity contribution < 1.29 is 13.9 Å². The summed E-state index contributed by atoms with van der Waals surface area (Å²) >= 11 is 0. The topological polar surface area (TPSA) is 64.3 Å². The third kappa shape index (κ3) is 3.93. The number of carbonyl (C=O) groups excluding carboxylic acids is 1. The average Bonchev–Trinajstić information content (AvgIpc) is 2.90. The predicted molar refractivity (Wildman–Crippen MR) is 74.9 cm³/mol. The van der Waals surface area contributed by atoms with Crippen molar-refractivity contribution in [2.45, 2.75) is 44.7 Å². The Morgan fingerprint density at radius 3 is 2.80 bits per heavy atom. The molecule has 2 rings (SSSR count). The number of rotatable bonds is 5. The van der Waals surface area contributed by atoms with Crippen LogP contribution in [0.25, 0.3) is 0 Å². The monoisotopic (exact) mass is 280 g/mol. The lowest BCUT2D eigenvalue weighted by Gasteiger charge is -2.13. The number of amides is 1. The molecule has 1 fully saturated rings. The third-order valence-electron chi connectivity index (χ3n) is 3.56. The molecular formula is C15H21FN2O2. The van der Waals surface area contributed by atoms with Gasteiger partial charge in [-0.05, 0) is 37.5 Å². The zero-order valence-corrected chi connectivity index (χ0v) is 11.7. The van der Waals surface area contributed by atoms with Crippen LogP contribution in [0.1, 0.15) is 44.2 Å². The molecule has 0 aromatic heterocycles. The minimum Gasteiger partial charge on any atom is -0.481 e. The molecule has 1 aliphatic rings. The Kier molecular flexibility index (Phi) is 4.95. The van der Waals surface area contributed by atoms with Crippen LogP contribution in [0.4, 0.5) is 4.39 Å². The summed E-state index contributed by atoms with van der Waals surface area (Å²) in [6.45, 7) is 1.62. The van der Waals surface area contributed by atoms with Crippen LogP contribution in [-0.4, -0.2) is 18.6 Å². The SMILES string of the molecule is C[C@@H](N)c1ccc(OCC(=O)NC2CCCC2)c(F)c1. The van der Waals surface area contributed by atoms with E-state index in [1.165, 1.54) is 12.1 Å². The maximum Gasteiger partial charge on any atom is 0.258 e. The molecule has 0 unspecified atom stereocenters. The Balaban J connectivity index is 1.85. The van der Waals surface area contributed by atoms with Gasteiger partial charge in [-0.25, -0.2) is 4.39 Å². The summed E-state index contributed by atoms with van der Waals surface area (Å²) in [5, 5.41) is 2.89. The van der Waals surface area contributed by atoms with Crippen molar-refractivity contribution in [3.05, 3.63) is 29.6 Å². The molecule has 4 nitrogen and oxygen atoms in total. The van der Waals surface area contributed by atoms with Crippen molar-refractivity contribution in [2.24, 2.45) is 5.73 Å². The van der Waals surface area contributed by atoms with Crippen LogP contribution >= 0.6 is 0 Å². The van der Waals surface area contributed by atoms with Crippen LogP contribution in [-0.2, 0) is 4.79 Å². The van der Waals surface area contributed by atoms with Crippen molar-refractivity contribution in [2.75, 3.05) is 6.61 Å². The number of ether oxygens (including phenoxy) is 1. The molecule has 0 radical (unpaired) electrons. The van der Waals surface area contributed by atoms with Crippen LogP contribution in [0.5, 0.6) is 5.75 Å². The second-order valence-electron chi connectivity index (χ2n) is 5.32. The van der Waals surface area contributed by atoms with Gasteiger partial charge in [0.25, 0.3) is 5.91 Å². The first-order valence-corrected chi connectivity index (χ1v) is 7.03. The lowest BCUT2D eigenvalue weighted by atomic mass is 10.1. The molecule has 1 aromatic rings. The molecule has 20 heavy (non-hydrogen) atoms. The Labute approximate surface area is 118 Å². The van der Waals surface area contributed by atoms with Crippen molar-refractivity contribution in [1.82, 2.24) is 5.32 Å². The molecule has 110 valence electrons. The standard InChI is InChI=1S/C15H21FN2O2/c1-10(17)11-6-7-14(13(16)8-11)20-9-15(19)18-12-4-2-3-5-12/h6-8,10,12H,2-5,9,17H2,1H3,(H,18,19)/t10-/m1/s1. The Hall–Kier alpha value is -1.62. The van der Waals surface area contributed by atoms with Crippen molar-refractivity contribution in [3.8, 4) is 5.75 Å². The molecule has 1 amide bonds. The van der Waals surface area contributed by atoms with E-state index in [1.807, 2.05) is 0 Å². The molecular weight excluding hydrogens is 259 g/mol. The van der Waals surface area contributed by atoms with Gasteiger partial charge >= 0.3 is 0 Å². The Bertz CT molecular complexity index is 471. The predicted octanol–water partition coefficient (Wildman–Crippen LogP) is 2.28. The lowest BCUT2D eigenvalue weighted by molar-refractivity contribution is -0.123. The number of carbonyl (C=O) groups is 1. The van der Waals surface area contributed by atoms with E-state index in [2.05, 4.69) is 5.32 Å². The summed E-state index contributed by atoms with van der Waals surface area (Å²) in [6.07, 6.45) is 4.34. The highest BCUT2D eigenvalue weighted by atomic mass is 19.1. The molecule has 0 saturated heterocycles. The van der Waals surface area contributed by atoms with E-state index in [1.54, 1.807) is 13.0 Å². The first kappa shape index (κ1) is 14.8. The highest BCUT2D eigenvalue weighted by molar-refractivity contribution is 5.77. The average molecular weight is 280 g/mol. The Morgan fingerprint density at radius 1 is 1.50 bits per heavy atom. The van der Waals surface area contributed by atoms with Crippen molar-refractivity contribution >= 4 is 5.91 Å². The molecule has 1 atom stereocenters. The molecule has 1 aromatic carbocycles. The van der Waals surface area contributed by atoms with E-state index in [9.17, 15) is 9.18 Å². The minimum absolute atomic E-state index is 0.0796. The Morgan fingerprint density at radius 2 is 2.20 bits per heavy atom. The lowest BCUT2D eigenvalue weighted by Crippen LogP contribution is -2.36. The summed E-state index contributed by atoms with van der Waals surface area (Å²) in [4.78, 5) is 11.7. The fraction of sp³-hybridized carbons (Fsp3) is 0.533. The zero-order valence-electron chi connectivity index (χ0n) is 11.7. The van der Waals surface area contributed by atoms with E-state index < -0.39 is 5.82 Å². The van der Waals surface area contributed by atoms with Crippen molar-refractivity contribution in [1.29, 1.82) is 0 Å². The van der Waals surface area contributed by atoms with Crippen LogP contribution in [0.15, 0.2) is 18.2 Å². The first-order chi connectivity index (χ1) is 9.56. The van der Waals surface area contributed by atoms with Gasteiger partial charge in [0.15, 0.2) is 18.2 Å². The second kappa shape index (κ2) is 6.70. The van der Waals surface area contributed by atoms with Crippen LogP contribution in [0.3, 0.4) is 0 Å². The summed E-state index contributed by atoms with van der Waals surface area (Å²) < 4.78 is 19.0. The molecule has 1 saturated carbocycles. The van der Waals surface area contributed by atoms with Gasteiger partial charge < -0.3 is 15.8 Å². The number of hydrogen-bond acceptors (Lipinski definition) is 3. The number of hydrogen-bond donors (Lipinski definition) is 2.